The maximum atomic E-state index is 12.4. The SMILES string of the molecule is CCCCn1nc(C)c(C(=O)OCC(=O)Nc2ccccc2OC(F)F)c1Cl. The summed E-state index contributed by atoms with van der Waals surface area (Å²) in [4.78, 5) is 24.3. The number of para-hydroxylation sites is 2. The molecule has 28 heavy (non-hydrogen) atoms. The number of nitrogens with zero attached hydrogens (tertiary/aromatic N) is 2. The number of esters is 1. The Morgan fingerprint density at radius 3 is 2.71 bits per heavy atom. The van der Waals surface area contributed by atoms with Crippen molar-refractivity contribution in [1.29, 1.82) is 0 Å². The van der Waals surface area contributed by atoms with Crippen LogP contribution in [0, 0.1) is 6.92 Å². The number of hydrogen-bond donors (Lipinski definition) is 1. The first-order chi connectivity index (χ1) is 13.3. The van der Waals surface area contributed by atoms with Crippen molar-refractivity contribution in [3.8, 4) is 5.75 Å². The van der Waals surface area contributed by atoms with Gasteiger partial charge in [-0.25, -0.2) is 4.79 Å². The molecule has 0 aliphatic rings. The third-order valence-corrected chi connectivity index (χ3v) is 4.09. The van der Waals surface area contributed by atoms with Gasteiger partial charge in [-0.3, -0.25) is 9.48 Å². The molecular formula is C18H20ClF2N3O4. The number of rotatable bonds is 9. The van der Waals surface area contributed by atoms with Crippen LogP contribution in [0.5, 0.6) is 5.75 Å². The van der Waals surface area contributed by atoms with E-state index < -0.39 is 25.1 Å². The van der Waals surface area contributed by atoms with E-state index in [4.69, 9.17) is 16.3 Å². The van der Waals surface area contributed by atoms with Gasteiger partial charge in [-0.15, -0.1) is 0 Å². The molecule has 0 fully saturated rings. The lowest BCUT2D eigenvalue weighted by Gasteiger charge is -2.11. The zero-order valence-corrected chi connectivity index (χ0v) is 16.1. The highest BCUT2D eigenvalue weighted by molar-refractivity contribution is 6.32. The summed E-state index contributed by atoms with van der Waals surface area (Å²) in [6.45, 7) is 0.527. The molecule has 0 saturated heterocycles. The number of carbonyl (C=O) groups excluding carboxylic acids is 2. The lowest BCUT2D eigenvalue weighted by molar-refractivity contribution is -0.119. The number of anilines is 1. The number of alkyl halides is 2. The third-order valence-electron chi connectivity index (χ3n) is 3.70. The summed E-state index contributed by atoms with van der Waals surface area (Å²) in [5, 5.41) is 6.70. The van der Waals surface area contributed by atoms with Crippen molar-refractivity contribution in [2.75, 3.05) is 11.9 Å². The van der Waals surface area contributed by atoms with Crippen LogP contribution in [0.1, 0.15) is 35.8 Å². The Bertz CT molecular complexity index is 842. The predicted octanol–water partition coefficient (Wildman–Crippen LogP) is 4.04. The van der Waals surface area contributed by atoms with Gasteiger partial charge in [0, 0.05) is 6.54 Å². The molecule has 0 bridgehead atoms. The summed E-state index contributed by atoms with van der Waals surface area (Å²) < 4.78 is 35.6. The Hall–Kier alpha value is -2.68. The van der Waals surface area contributed by atoms with E-state index in [9.17, 15) is 18.4 Å². The minimum absolute atomic E-state index is 0.0328. The second-order valence-corrected chi connectivity index (χ2v) is 6.18. The van der Waals surface area contributed by atoms with Crippen LogP contribution in [-0.4, -0.2) is 34.9 Å². The minimum Gasteiger partial charge on any atom is -0.452 e. The van der Waals surface area contributed by atoms with Crippen molar-refractivity contribution in [1.82, 2.24) is 9.78 Å². The smallest absolute Gasteiger partial charge is 0.387 e. The van der Waals surface area contributed by atoms with Crippen LogP contribution in [-0.2, 0) is 16.1 Å². The van der Waals surface area contributed by atoms with E-state index in [0.717, 1.165) is 12.8 Å². The standard InChI is InChI=1S/C18H20ClF2N3O4/c1-3-4-9-24-16(19)15(11(2)23-24)17(26)27-10-14(25)22-12-7-5-6-8-13(12)28-18(20)21/h5-8,18H,3-4,9-10H2,1-2H3,(H,22,25). The number of benzene rings is 1. The highest BCUT2D eigenvalue weighted by atomic mass is 35.5. The second-order valence-electron chi connectivity index (χ2n) is 5.83. The molecular weight excluding hydrogens is 396 g/mol. The molecule has 2 aromatic rings. The Morgan fingerprint density at radius 2 is 2.04 bits per heavy atom. The van der Waals surface area contributed by atoms with Gasteiger partial charge < -0.3 is 14.8 Å². The van der Waals surface area contributed by atoms with Gasteiger partial charge >= 0.3 is 12.6 Å². The topological polar surface area (TPSA) is 82.5 Å². The fourth-order valence-corrected chi connectivity index (χ4v) is 2.74. The lowest BCUT2D eigenvalue weighted by Crippen LogP contribution is -2.21. The number of carbonyl (C=O) groups is 2. The number of ether oxygens (including phenoxy) is 2. The molecule has 0 aliphatic heterocycles. The molecule has 0 unspecified atom stereocenters. The fraction of sp³-hybridized carbons (Fsp3) is 0.389. The largest absolute Gasteiger partial charge is 0.452 e. The molecule has 2 rings (SSSR count). The number of unbranched alkanes of at least 4 members (excludes halogenated alkanes) is 1. The van der Waals surface area contributed by atoms with Crippen LogP contribution in [0.4, 0.5) is 14.5 Å². The molecule has 1 N–H and O–H groups in total. The summed E-state index contributed by atoms with van der Waals surface area (Å²) in [6.07, 6.45) is 1.78. The van der Waals surface area contributed by atoms with E-state index in [1.807, 2.05) is 6.92 Å². The van der Waals surface area contributed by atoms with E-state index in [-0.39, 0.29) is 22.2 Å². The Balaban J connectivity index is 1.98. The molecule has 0 radical (unpaired) electrons. The Kier molecular flexibility index (Phi) is 7.74. The number of aromatic nitrogens is 2. The normalized spacial score (nSPS) is 10.8. The van der Waals surface area contributed by atoms with Gasteiger partial charge in [-0.2, -0.15) is 13.9 Å². The quantitative estimate of drug-likeness (QED) is 0.625. The van der Waals surface area contributed by atoms with Gasteiger partial charge in [0.2, 0.25) is 0 Å². The summed E-state index contributed by atoms with van der Waals surface area (Å²) in [6, 6.07) is 5.68. The predicted molar refractivity (Wildman–Crippen MR) is 98.9 cm³/mol. The number of nitrogens with one attached hydrogen (secondary N) is 1. The Labute approximate surface area is 165 Å². The number of hydrogen-bond acceptors (Lipinski definition) is 5. The summed E-state index contributed by atoms with van der Waals surface area (Å²) >= 11 is 6.19. The van der Waals surface area contributed by atoms with Crippen molar-refractivity contribution >= 4 is 29.2 Å². The van der Waals surface area contributed by atoms with E-state index in [0.29, 0.717) is 12.2 Å². The zero-order chi connectivity index (χ0) is 20.7. The van der Waals surface area contributed by atoms with Gasteiger partial charge in [0.15, 0.2) is 6.61 Å². The molecule has 1 aromatic carbocycles. The molecule has 1 amide bonds. The van der Waals surface area contributed by atoms with Crippen LogP contribution < -0.4 is 10.1 Å². The van der Waals surface area contributed by atoms with Crippen molar-refractivity contribution in [3.05, 3.63) is 40.7 Å². The number of halogens is 3. The lowest BCUT2D eigenvalue weighted by atomic mass is 10.2. The molecule has 0 saturated carbocycles. The van der Waals surface area contributed by atoms with Gasteiger partial charge in [0.05, 0.1) is 11.4 Å². The highest BCUT2D eigenvalue weighted by Gasteiger charge is 2.22. The van der Waals surface area contributed by atoms with Crippen LogP contribution in [0.15, 0.2) is 24.3 Å². The number of amides is 1. The summed E-state index contributed by atoms with van der Waals surface area (Å²) in [7, 11) is 0. The van der Waals surface area contributed by atoms with E-state index in [1.165, 1.54) is 28.9 Å². The van der Waals surface area contributed by atoms with E-state index in [1.54, 1.807) is 6.92 Å². The van der Waals surface area contributed by atoms with Crippen LogP contribution >= 0.6 is 11.6 Å². The fourth-order valence-electron chi connectivity index (χ4n) is 2.40. The average molecular weight is 416 g/mol. The molecule has 152 valence electrons. The van der Waals surface area contributed by atoms with Gasteiger partial charge in [0.1, 0.15) is 16.5 Å². The van der Waals surface area contributed by atoms with Crippen molar-refractivity contribution in [2.45, 2.75) is 39.8 Å². The first-order valence-electron chi connectivity index (χ1n) is 8.57. The first-order valence-corrected chi connectivity index (χ1v) is 8.95. The zero-order valence-electron chi connectivity index (χ0n) is 15.4. The minimum atomic E-state index is -3.04. The van der Waals surface area contributed by atoms with Gasteiger partial charge in [0.25, 0.3) is 5.91 Å². The summed E-state index contributed by atoms with van der Waals surface area (Å²) in [5.41, 5.74) is 0.514. The molecule has 0 spiro atoms. The van der Waals surface area contributed by atoms with Gasteiger partial charge in [-0.1, -0.05) is 37.1 Å². The molecule has 0 aliphatic carbocycles. The monoisotopic (exact) mass is 415 g/mol. The third kappa shape index (κ3) is 5.66. The van der Waals surface area contributed by atoms with Crippen LogP contribution in [0.2, 0.25) is 5.15 Å². The van der Waals surface area contributed by atoms with E-state index >= 15 is 0 Å². The highest BCUT2D eigenvalue weighted by Crippen LogP contribution is 2.25. The number of aryl methyl sites for hydroxylation is 2. The Morgan fingerprint density at radius 1 is 1.32 bits per heavy atom. The maximum absolute atomic E-state index is 12.4. The van der Waals surface area contributed by atoms with Crippen LogP contribution in [0.3, 0.4) is 0 Å². The van der Waals surface area contributed by atoms with Crippen molar-refractivity contribution in [2.24, 2.45) is 0 Å². The average Bonchev–Trinajstić information content (AvgIpc) is 2.92. The van der Waals surface area contributed by atoms with Gasteiger partial charge in [-0.05, 0) is 25.5 Å². The molecule has 1 heterocycles. The van der Waals surface area contributed by atoms with Crippen molar-refractivity contribution < 1.29 is 27.8 Å². The van der Waals surface area contributed by atoms with E-state index in [2.05, 4.69) is 15.2 Å². The molecule has 1 aromatic heterocycles. The molecule has 10 heteroatoms. The van der Waals surface area contributed by atoms with Crippen molar-refractivity contribution in [3.63, 3.8) is 0 Å². The summed E-state index contributed by atoms with van der Waals surface area (Å²) in [5.74, 6) is -1.71. The maximum Gasteiger partial charge on any atom is 0.387 e. The molecule has 0 atom stereocenters. The van der Waals surface area contributed by atoms with Crippen LogP contribution in [0.25, 0.3) is 0 Å². The second kappa shape index (κ2) is 10.0. The first kappa shape index (κ1) is 21.6. The molecule has 7 nitrogen and oxygen atoms in total.